The Morgan fingerprint density at radius 1 is 1.12 bits per heavy atom. The second-order valence-corrected chi connectivity index (χ2v) is 12.1. The van der Waals surface area contributed by atoms with Crippen molar-refractivity contribution in [3.8, 4) is 0 Å². The Balaban J connectivity index is 1.54. The molecule has 3 unspecified atom stereocenters. The Bertz CT molecular complexity index is 1250. The first-order valence-electron chi connectivity index (χ1n) is 14.2. The highest BCUT2D eigenvalue weighted by Gasteiger charge is 2.37. The summed E-state index contributed by atoms with van der Waals surface area (Å²) in [7, 11) is 0. The van der Waals surface area contributed by atoms with E-state index in [2.05, 4.69) is 20.9 Å². The maximum Gasteiger partial charge on any atom is 0.328 e. The van der Waals surface area contributed by atoms with Gasteiger partial charge in [-0.1, -0.05) is 44.5 Å². The summed E-state index contributed by atoms with van der Waals surface area (Å²) in [5.74, 6) is -1.57. The molecule has 0 aliphatic carbocycles. The molecule has 1 aliphatic heterocycles. The third-order valence-electron chi connectivity index (χ3n) is 7.02. The number of pyridine rings is 1. The van der Waals surface area contributed by atoms with Crippen LogP contribution in [0.15, 0.2) is 36.5 Å². The average Bonchev–Trinajstić information content (AvgIpc) is 3.31. The molecule has 3 rings (SSSR count). The number of anilines is 1. The average molecular weight is 582 g/mol. The molecule has 1 aliphatic rings. The summed E-state index contributed by atoms with van der Waals surface area (Å²) < 4.78 is 5.86. The molecular formula is C31H43N5O6. The zero-order valence-corrected chi connectivity index (χ0v) is 25.3. The number of nitrogens with zero attached hydrogens (tertiary/aromatic N) is 2. The molecule has 3 amide bonds. The first kappa shape index (κ1) is 32.5. The predicted molar refractivity (Wildman–Crippen MR) is 159 cm³/mol. The molecule has 1 aromatic carbocycles. The summed E-state index contributed by atoms with van der Waals surface area (Å²) in [6.45, 7) is 11.8. The minimum absolute atomic E-state index is 0.0185. The zero-order chi connectivity index (χ0) is 31.0. The number of aliphatic carboxylic acids is 1. The summed E-state index contributed by atoms with van der Waals surface area (Å²) in [6.07, 6.45) is 2.24. The van der Waals surface area contributed by atoms with Gasteiger partial charge < -0.3 is 30.7 Å². The summed E-state index contributed by atoms with van der Waals surface area (Å²) >= 11 is 0. The molecule has 1 saturated heterocycles. The van der Waals surface area contributed by atoms with Crippen LogP contribution in [0.2, 0.25) is 0 Å². The molecule has 0 bridgehead atoms. The number of hydrogen-bond donors (Lipinski definition) is 4. The first-order chi connectivity index (χ1) is 19.7. The van der Waals surface area contributed by atoms with E-state index in [0.717, 1.165) is 16.7 Å². The maximum atomic E-state index is 13.1. The molecule has 3 atom stereocenters. The van der Waals surface area contributed by atoms with Crippen LogP contribution >= 0.6 is 0 Å². The highest BCUT2D eigenvalue weighted by molar-refractivity contribution is 5.99. The van der Waals surface area contributed by atoms with Gasteiger partial charge in [-0.3, -0.25) is 14.4 Å². The number of hydrogen-bond acceptors (Lipinski definition) is 7. The Morgan fingerprint density at radius 3 is 2.40 bits per heavy atom. The van der Waals surface area contributed by atoms with Crippen LogP contribution in [0.5, 0.6) is 0 Å². The molecule has 0 saturated carbocycles. The van der Waals surface area contributed by atoms with E-state index in [1.807, 2.05) is 58.0 Å². The summed E-state index contributed by atoms with van der Waals surface area (Å²) in [5.41, 5.74) is 2.73. The fraction of sp³-hybridized carbons (Fsp3) is 0.516. The molecule has 2 aromatic rings. The molecule has 0 spiro atoms. The van der Waals surface area contributed by atoms with E-state index in [1.54, 1.807) is 24.9 Å². The number of benzene rings is 1. The van der Waals surface area contributed by atoms with Gasteiger partial charge in [0.2, 0.25) is 11.8 Å². The lowest BCUT2D eigenvalue weighted by atomic mass is 9.91. The van der Waals surface area contributed by atoms with Crippen molar-refractivity contribution in [1.82, 2.24) is 20.5 Å². The van der Waals surface area contributed by atoms with E-state index in [1.165, 1.54) is 0 Å². The lowest BCUT2D eigenvalue weighted by Crippen LogP contribution is -2.49. The van der Waals surface area contributed by atoms with E-state index in [0.29, 0.717) is 37.3 Å². The SMILES string of the molecule is Cc1cc(C)c(C(=O)NC(CNC(=O)COC2CC(CNc3ccccn3)N(C(=O)CC(C)(C)C)C2)C(=O)O)c(C)c1. The van der Waals surface area contributed by atoms with Crippen molar-refractivity contribution in [2.75, 3.05) is 31.6 Å². The predicted octanol–water partition coefficient (Wildman–Crippen LogP) is 2.84. The van der Waals surface area contributed by atoms with Crippen molar-refractivity contribution in [2.24, 2.45) is 5.41 Å². The van der Waals surface area contributed by atoms with E-state index in [4.69, 9.17) is 4.74 Å². The van der Waals surface area contributed by atoms with Crippen molar-refractivity contribution >= 4 is 29.5 Å². The van der Waals surface area contributed by atoms with Gasteiger partial charge in [0.05, 0.1) is 12.1 Å². The highest BCUT2D eigenvalue weighted by atomic mass is 16.5. The third-order valence-corrected chi connectivity index (χ3v) is 7.02. The van der Waals surface area contributed by atoms with Crippen molar-refractivity contribution in [1.29, 1.82) is 0 Å². The van der Waals surface area contributed by atoms with E-state index < -0.39 is 23.8 Å². The zero-order valence-electron chi connectivity index (χ0n) is 25.3. The van der Waals surface area contributed by atoms with Gasteiger partial charge in [-0.2, -0.15) is 0 Å². The Morgan fingerprint density at radius 2 is 1.81 bits per heavy atom. The molecular weight excluding hydrogens is 538 g/mol. The number of carbonyl (C=O) groups excluding carboxylic acids is 3. The van der Waals surface area contributed by atoms with Crippen LogP contribution in [0.4, 0.5) is 5.82 Å². The monoisotopic (exact) mass is 581 g/mol. The number of carboxylic acid groups (broad SMARTS) is 1. The Hall–Kier alpha value is -3.99. The molecule has 11 nitrogen and oxygen atoms in total. The number of amides is 3. The number of carbonyl (C=O) groups is 4. The van der Waals surface area contributed by atoms with Crippen molar-refractivity contribution in [2.45, 2.75) is 72.6 Å². The summed E-state index contributed by atoms with van der Waals surface area (Å²) in [5, 5.41) is 18.0. The molecule has 11 heteroatoms. The van der Waals surface area contributed by atoms with E-state index >= 15 is 0 Å². The summed E-state index contributed by atoms with van der Waals surface area (Å²) in [6, 6.07) is 7.81. The summed E-state index contributed by atoms with van der Waals surface area (Å²) in [4.78, 5) is 56.4. The number of likely N-dealkylation sites (tertiary alicyclic amines) is 1. The van der Waals surface area contributed by atoms with Crippen molar-refractivity contribution in [3.63, 3.8) is 0 Å². The van der Waals surface area contributed by atoms with Crippen LogP contribution in [-0.4, -0.2) is 83.1 Å². The minimum atomic E-state index is -1.32. The van der Waals surface area contributed by atoms with E-state index in [-0.39, 0.29) is 36.6 Å². The fourth-order valence-electron chi connectivity index (χ4n) is 5.17. The first-order valence-corrected chi connectivity index (χ1v) is 14.2. The fourth-order valence-corrected chi connectivity index (χ4v) is 5.17. The van der Waals surface area contributed by atoms with Gasteiger partial charge in [0.1, 0.15) is 18.5 Å². The van der Waals surface area contributed by atoms with Crippen LogP contribution in [0.1, 0.15) is 60.7 Å². The van der Waals surface area contributed by atoms with Crippen molar-refractivity contribution < 1.29 is 29.0 Å². The number of carboxylic acids is 1. The smallest absolute Gasteiger partial charge is 0.328 e. The van der Waals surface area contributed by atoms with Gasteiger partial charge in [0.15, 0.2) is 0 Å². The molecule has 4 N–H and O–H groups in total. The largest absolute Gasteiger partial charge is 0.480 e. The van der Waals surface area contributed by atoms with Crippen LogP contribution in [-0.2, 0) is 19.1 Å². The van der Waals surface area contributed by atoms with Gasteiger partial charge in [-0.05, 0) is 55.9 Å². The van der Waals surface area contributed by atoms with Gasteiger partial charge in [0.25, 0.3) is 5.91 Å². The van der Waals surface area contributed by atoms with Gasteiger partial charge in [-0.15, -0.1) is 0 Å². The number of aromatic nitrogens is 1. The van der Waals surface area contributed by atoms with Crippen LogP contribution in [0.25, 0.3) is 0 Å². The molecule has 1 fully saturated rings. The second kappa shape index (κ2) is 14.3. The molecule has 0 radical (unpaired) electrons. The molecule has 228 valence electrons. The van der Waals surface area contributed by atoms with Crippen LogP contribution in [0.3, 0.4) is 0 Å². The minimum Gasteiger partial charge on any atom is -0.480 e. The van der Waals surface area contributed by atoms with Gasteiger partial charge in [0, 0.05) is 37.8 Å². The number of ether oxygens (including phenoxy) is 1. The Labute approximate surface area is 247 Å². The lowest BCUT2D eigenvalue weighted by molar-refractivity contribution is -0.139. The number of nitrogens with one attached hydrogen (secondary N) is 3. The quantitative estimate of drug-likeness (QED) is 0.299. The van der Waals surface area contributed by atoms with Gasteiger partial charge in [-0.25, -0.2) is 9.78 Å². The van der Waals surface area contributed by atoms with Gasteiger partial charge >= 0.3 is 5.97 Å². The standard InChI is InChI=1S/C31H43N5O6/c1-19-11-20(2)28(21(3)12-19)29(39)35-24(30(40)41)16-34-26(37)18-42-23-13-22(15-33-25-9-7-8-10-32-25)36(17-23)27(38)14-31(4,5)6/h7-12,22-24H,13-18H2,1-6H3,(H,32,33)(H,34,37)(H,35,39)(H,40,41). The normalized spacial score (nSPS) is 17.4. The molecule has 1 aromatic heterocycles. The van der Waals surface area contributed by atoms with Crippen molar-refractivity contribution in [3.05, 3.63) is 58.8 Å². The van der Waals surface area contributed by atoms with Crippen LogP contribution in [0, 0.1) is 26.2 Å². The number of rotatable bonds is 12. The van der Waals surface area contributed by atoms with Crippen LogP contribution < -0.4 is 16.0 Å². The molecule has 2 heterocycles. The molecule has 42 heavy (non-hydrogen) atoms. The third kappa shape index (κ3) is 9.54. The topological polar surface area (TPSA) is 150 Å². The van der Waals surface area contributed by atoms with E-state index in [9.17, 15) is 24.3 Å². The lowest BCUT2D eigenvalue weighted by Gasteiger charge is -2.28. The number of aryl methyl sites for hydroxylation is 3. The Kier molecular flexibility index (Phi) is 11.0. The maximum absolute atomic E-state index is 13.1. The second-order valence-electron chi connectivity index (χ2n) is 12.1. The highest BCUT2D eigenvalue weighted by Crippen LogP contribution is 2.26.